The van der Waals surface area contributed by atoms with E-state index in [2.05, 4.69) is 43.2 Å². The lowest BCUT2D eigenvalue weighted by molar-refractivity contribution is -0.116. The van der Waals surface area contributed by atoms with Gasteiger partial charge in [-0.05, 0) is 90.7 Å². The zero-order valence-corrected chi connectivity index (χ0v) is 22.4. The van der Waals surface area contributed by atoms with E-state index in [0.717, 1.165) is 61.6 Å². The second-order valence-electron chi connectivity index (χ2n) is 13.0. The Morgan fingerprint density at radius 1 is 1.11 bits per heavy atom. The molecule has 2 unspecified atom stereocenters. The van der Waals surface area contributed by atoms with Crippen LogP contribution in [0.4, 0.5) is 8.78 Å². The molecule has 0 saturated heterocycles. The second-order valence-corrected chi connectivity index (χ2v) is 13.0. The third kappa shape index (κ3) is 4.21. The van der Waals surface area contributed by atoms with Crippen LogP contribution >= 0.6 is 0 Å². The van der Waals surface area contributed by atoms with Crippen molar-refractivity contribution < 1.29 is 13.6 Å². The first-order valence-corrected chi connectivity index (χ1v) is 14.4. The van der Waals surface area contributed by atoms with Crippen molar-refractivity contribution in [1.82, 2.24) is 10.3 Å². The van der Waals surface area contributed by atoms with Crippen LogP contribution in [0.5, 0.6) is 0 Å². The van der Waals surface area contributed by atoms with Gasteiger partial charge in [-0.15, -0.1) is 0 Å². The molecule has 0 radical (unpaired) electrons. The molecule has 2 heterocycles. The van der Waals surface area contributed by atoms with E-state index in [1.54, 1.807) is 12.3 Å². The predicted molar refractivity (Wildman–Crippen MR) is 143 cm³/mol. The zero-order valence-electron chi connectivity index (χ0n) is 22.4. The lowest BCUT2D eigenvalue weighted by Gasteiger charge is -2.57. The number of hydrogen-bond donors (Lipinski definition) is 1. The molecule has 1 aromatic heterocycles. The zero-order chi connectivity index (χ0) is 25.9. The fourth-order valence-electron chi connectivity index (χ4n) is 8.63. The molecule has 3 nitrogen and oxygen atoms in total. The fourth-order valence-corrected chi connectivity index (χ4v) is 8.63. The van der Waals surface area contributed by atoms with Crippen LogP contribution in [-0.2, 0) is 4.79 Å². The van der Waals surface area contributed by atoms with Gasteiger partial charge in [0.15, 0.2) is 0 Å². The van der Waals surface area contributed by atoms with Gasteiger partial charge in [0.1, 0.15) is 0 Å². The Kier molecular flexibility index (Phi) is 6.19. The normalized spacial score (nSPS) is 38.5. The highest BCUT2D eigenvalue weighted by Crippen LogP contribution is 2.66. The number of aromatic nitrogens is 1. The number of rotatable bonds is 6. The van der Waals surface area contributed by atoms with E-state index in [4.69, 9.17) is 0 Å². The Labute approximate surface area is 219 Å². The molecule has 0 bridgehead atoms. The molecular formula is C32H40F2N2O. The van der Waals surface area contributed by atoms with E-state index in [1.807, 2.05) is 6.08 Å². The summed E-state index contributed by atoms with van der Waals surface area (Å²) in [5.74, 6) is 3.25. The van der Waals surface area contributed by atoms with Gasteiger partial charge in [-0.1, -0.05) is 56.9 Å². The maximum Gasteiger partial charge on any atom is 0.265 e. The number of pyridine rings is 1. The first-order chi connectivity index (χ1) is 17.7. The first-order valence-electron chi connectivity index (χ1n) is 14.4. The highest BCUT2D eigenvalue weighted by atomic mass is 19.3. The summed E-state index contributed by atoms with van der Waals surface area (Å²) >= 11 is 0. The van der Waals surface area contributed by atoms with E-state index < -0.39 is 6.43 Å². The number of halogens is 2. The van der Waals surface area contributed by atoms with E-state index in [9.17, 15) is 13.6 Å². The van der Waals surface area contributed by atoms with E-state index in [0.29, 0.717) is 17.8 Å². The van der Waals surface area contributed by atoms with Gasteiger partial charge in [0.2, 0.25) is 5.91 Å². The number of carbonyl (C=O) groups is 1. The molecule has 0 aromatic carbocycles. The van der Waals surface area contributed by atoms with Crippen molar-refractivity contribution in [2.24, 2.45) is 40.4 Å². The molecule has 37 heavy (non-hydrogen) atoms. The maximum atomic E-state index is 13.5. The molecule has 198 valence electrons. The molecule has 0 spiro atoms. The first kappa shape index (κ1) is 25.0. The minimum absolute atomic E-state index is 0.00948. The van der Waals surface area contributed by atoms with E-state index >= 15 is 0 Å². The number of fused-ring (bicyclic) bond motifs is 5. The highest BCUT2D eigenvalue weighted by molar-refractivity contribution is 5.89. The van der Waals surface area contributed by atoms with Crippen LogP contribution < -0.4 is 5.32 Å². The van der Waals surface area contributed by atoms with Crippen LogP contribution in [0, 0.1) is 40.4 Å². The summed E-state index contributed by atoms with van der Waals surface area (Å²) in [6, 6.07) is 1.63. The monoisotopic (exact) mass is 506 g/mol. The number of nitrogens with one attached hydrogen (secondary N) is 1. The molecule has 7 atom stereocenters. The summed E-state index contributed by atoms with van der Waals surface area (Å²) in [7, 11) is 0. The van der Waals surface area contributed by atoms with Crippen LogP contribution in [-0.4, -0.2) is 17.4 Å². The average Bonchev–Trinajstić information content (AvgIpc) is 3.49. The SMILES string of the molecule is C[C@H]1CC1CCCC1C[C@H]2C3=CC=C(c4cncc(C(F)F)c4)[C@@]3(C)CC[C@@H]2[C@@]2(C)CCNC(=O)C=C12. The number of amides is 1. The van der Waals surface area contributed by atoms with Crippen molar-refractivity contribution >= 4 is 11.5 Å². The maximum absolute atomic E-state index is 13.5. The smallest absolute Gasteiger partial charge is 0.265 e. The van der Waals surface area contributed by atoms with Gasteiger partial charge < -0.3 is 5.32 Å². The molecule has 1 aliphatic heterocycles. The summed E-state index contributed by atoms with van der Waals surface area (Å²) < 4.78 is 26.9. The lowest BCUT2D eigenvalue weighted by atomic mass is 9.47. The Hall–Kier alpha value is -2.30. The second kappa shape index (κ2) is 9.17. The van der Waals surface area contributed by atoms with Crippen LogP contribution in [0.25, 0.3) is 5.57 Å². The Balaban J connectivity index is 1.30. The Bertz CT molecular complexity index is 1180. The third-order valence-electron chi connectivity index (χ3n) is 10.9. The van der Waals surface area contributed by atoms with E-state index in [1.165, 1.54) is 36.6 Å². The van der Waals surface area contributed by atoms with Crippen LogP contribution in [0.1, 0.15) is 89.7 Å². The minimum Gasteiger partial charge on any atom is -0.353 e. The van der Waals surface area contributed by atoms with Crippen molar-refractivity contribution in [3.05, 3.63) is 59.0 Å². The molecule has 5 aliphatic rings. The number of carbonyl (C=O) groups excluding carboxylic acids is 1. The van der Waals surface area contributed by atoms with Gasteiger partial charge in [0, 0.05) is 36.0 Å². The molecule has 6 rings (SSSR count). The van der Waals surface area contributed by atoms with Crippen LogP contribution in [0.15, 0.2) is 47.8 Å². The summed E-state index contributed by atoms with van der Waals surface area (Å²) in [5.41, 5.74) is 4.70. The van der Waals surface area contributed by atoms with Gasteiger partial charge >= 0.3 is 0 Å². The predicted octanol–water partition coefficient (Wildman–Crippen LogP) is 7.67. The number of allylic oxidation sites excluding steroid dienone is 5. The molecule has 1 amide bonds. The molecule has 1 aromatic rings. The van der Waals surface area contributed by atoms with Crippen molar-refractivity contribution in [3.63, 3.8) is 0 Å². The summed E-state index contributed by atoms with van der Waals surface area (Å²) in [6.45, 7) is 7.83. The van der Waals surface area contributed by atoms with Gasteiger partial charge in [-0.25, -0.2) is 8.78 Å². The largest absolute Gasteiger partial charge is 0.353 e. The molecule has 5 heteroatoms. The summed E-state index contributed by atoms with van der Waals surface area (Å²) in [4.78, 5) is 16.8. The lowest BCUT2D eigenvalue weighted by Crippen LogP contribution is -2.48. The van der Waals surface area contributed by atoms with Crippen molar-refractivity contribution in [2.75, 3.05) is 6.54 Å². The quantitative estimate of drug-likeness (QED) is 0.430. The van der Waals surface area contributed by atoms with Crippen molar-refractivity contribution in [3.8, 4) is 0 Å². The topological polar surface area (TPSA) is 42.0 Å². The average molecular weight is 507 g/mol. The van der Waals surface area contributed by atoms with Crippen LogP contribution in [0.2, 0.25) is 0 Å². The molecule has 4 aliphatic carbocycles. The Morgan fingerprint density at radius 2 is 1.92 bits per heavy atom. The standard InChI is InChI=1S/C32H40F2N2O/c1-19-13-20(19)5-4-6-21-15-24-26-8-7-25(22-14-23(30(33)34)18-35-17-22)31(26,2)10-9-27(24)32(3)11-12-36-29(37)16-28(21)32/h7-8,14,16-21,24,27,30H,4-6,9-13,15H2,1-3H3,(H,36,37)/t19-,20?,21?,24-,27-,31+,32+/m0/s1. The Morgan fingerprint density at radius 3 is 2.68 bits per heavy atom. The number of alkyl halides is 2. The van der Waals surface area contributed by atoms with Gasteiger partial charge in [0.25, 0.3) is 6.43 Å². The number of hydrogen-bond acceptors (Lipinski definition) is 2. The van der Waals surface area contributed by atoms with Crippen molar-refractivity contribution in [2.45, 2.75) is 78.6 Å². The molecule has 3 fully saturated rings. The third-order valence-corrected chi connectivity index (χ3v) is 10.9. The fraction of sp³-hybridized carbons (Fsp3) is 0.625. The highest BCUT2D eigenvalue weighted by Gasteiger charge is 2.56. The number of nitrogens with zero attached hydrogens (tertiary/aromatic N) is 1. The summed E-state index contributed by atoms with van der Waals surface area (Å²) in [6.07, 6.45) is 16.2. The molecular weight excluding hydrogens is 466 g/mol. The molecule has 3 saturated carbocycles. The summed E-state index contributed by atoms with van der Waals surface area (Å²) in [5, 5.41) is 3.12. The minimum atomic E-state index is -2.51. The van der Waals surface area contributed by atoms with Gasteiger partial charge in [-0.2, -0.15) is 0 Å². The van der Waals surface area contributed by atoms with Crippen molar-refractivity contribution in [1.29, 1.82) is 0 Å². The van der Waals surface area contributed by atoms with Crippen LogP contribution in [0.3, 0.4) is 0 Å². The van der Waals surface area contributed by atoms with E-state index in [-0.39, 0.29) is 22.3 Å². The molecule has 1 N–H and O–H groups in total. The van der Waals surface area contributed by atoms with Gasteiger partial charge in [0.05, 0.1) is 0 Å². The van der Waals surface area contributed by atoms with Gasteiger partial charge in [-0.3, -0.25) is 9.78 Å².